The third-order valence-electron chi connectivity index (χ3n) is 4.67. The molecule has 0 radical (unpaired) electrons. The Kier molecular flexibility index (Phi) is 4.06. The Morgan fingerprint density at radius 3 is 2.76 bits per heavy atom. The van der Waals surface area contributed by atoms with E-state index < -0.39 is 0 Å². The molecule has 0 spiro atoms. The fraction of sp³-hybridized carbons (Fsp3) is 0.250. The lowest BCUT2D eigenvalue weighted by atomic mass is 10.1. The number of nitrogens with one attached hydrogen (secondary N) is 1. The van der Waals surface area contributed by atoms with Gasteiger partial charge in [-0.2, -0.15) is 0 Å². The predicted octanol–water partition coefficient (Wildman–Crippen LogP) is 2.88. The molecule has 3 aromatic rings. The number of aromatic nitrogens is 3. The number of aryl methyl sites for hydroxylation is 1. The molecule has 0 saturated heterocycles. The van der Waals surface area contributed by atoms with Crippen LogP contribution in [-0.4, -0.2) is 27.0 Å². The summed E-state index contributed by atoms with van der Waals surface area (Å²) in [7, 11) is 0. The number of carbonyl (C=O) groups is 1. The van der Waals surface area contributed by atoms with Crippen molar-refractivity contribution in [1.29, 1.82) is 0 Å². The van der Waals surface area contributed by atoms with Crippen LogP contribution >= 0.6 is 0 Å². The molecule has 5 heteroatoms. The topological polar surface area (TPSA) is 59.3 Å². The van der Waals surface area contributed by atoms with Gasteiger partial charge in [0.15, 0.2) is 5.65 Å². The summed E-state index contributed by atoms with van der Waals surface area (Å²) < 4.78 is 1.99. The fourth-order valence-electron chi connectivity index (χ4n) is 3.29. The van der Waals surface area contributed by atoms with Crippen molar-refractivity contribution in [1.82, 2.24) is 19.9 Å². The lowest BCUT2D eigenvalue weighted by Crippen LogP contribution is -2.27. The smallest absolute Gasteiger partial charge is 0.231 e. The highest BCUT2D eigenvalue weighted by Crippen LogP contribution is 2.46. The van der Waals surface area contributed by atoms with Crippen molar-refractivity contribution in [2.75, 3.05) is 6.54 Å². The highest BCUT2D eigenvalue weighted by Gasteiger charge is 2.39. The van der Waals surface area contributed by atoms with Gasteiger partial charge in [-0.1, -0.05) is 42.0 Å². The van der Waals surface area contributed by atoms with Crippen molar-refractivity contribution >= 4 is 17.1 Å². The second-order valence-electron chi connectivity index (χ2n) is 6.34. The molecule has 0 bridgehead atoms. The van der Waals surface area contributed by atoms with Crippen LogP contribution in [0.3, 0.4) is 0 Å². The summed E-state index contributed by atoms with van der Waals surface area (Å²) in [5.74, 6) is 0.967. The summed E-state index contributed by atoms with van der Waals surface area (Å²) in [4.78, 5) is 12.4. The van der Waals surface area contributed by atoms with Crippen molar-refractivity contribution in [2.45, 2.75) is 19.8 Å². The summed E-state index contributed by atoms with van der Waals surface area (Å²) in [5.41, 5.74) is 4.34. The van der Waals surface area contributed by atoms with E-state index in [1.54, 1.807) is 0 Å². The number of hydrogen-bond donors (Lipinski definition) is 1. The number of carbonyl (C=O) groups excluding carboxylic acids is 1. The van der Waals surface area contributed by atoms with Gasteiger partial charge in [-0.25, -0.2) is 0 Å². The van der Waals surface area contributed by atoms with Gasteiger partial charge in [0, 0.05) is 19.2 Å². The number of amides is 1. The van der Waals surface area contributed by atoms with E-state index in [0.717, 1.165) is 29.9 Å². The van der Waals surface area contributed by atoms with Crippen LogP contribution in [0.1, 0.15) is 24.7 Å². The Bertz CT molecular complexity index is 942. The molecule has 1 aliphatic rings. The summed E-state index contributed by atoms with van der Waals surface area (Å²) in [6, 6.07) is 16.0. The van der Waals surface area contributed by atoms with E-state index >= 15 is 0 Å². The Hall–Kier alpha value is -2.95. The maximum Gasteiger partial charge on any atom is 0.231 e. The summed E-state index contributed by atoms with van der Waals surface area (Å²) >= 11 is 0. The van der Waals surface area contributed by atoms with Gasteiger partial charge in [0.1, 0.15) is 5.82 Å². The first-order valence-corrected chi connectivity index (χ1v) is 8.58. The fourth-order valence-corrected chi connectivity index (χ4v) is 3.29. The number of fused-ring (bicyclic) bond motifs is 1. The van der Waals surface area contributed by atoms with Gasteiger partial charge < -0.3 is 5.32 Å². The highest BCUT2D eigenvalue weighted by molar-refractivity contribution is 6.05. The van der Waals surface area contributed by atoms with Crippen LogP contribution in [0, 0.1) is 5.92 Å². The molecule has 1 N–H and O–H groups in total. The summed E-state index contributed by atoms with van der Waals surface area (Å²) in [6.45, 7) is 2.68. The van der Waals surface area contributed by atoms with E-state index in [2.05, 4.69) is 27.6 Å². The Balaban J connectivity index is 1.28. The van der Waals surface area contributed by atoms with E-state index in [1.807, 2.05) is 53.9 Å². The zero-order valence-electron chi connectivity index (χ0n) is 14.1. The predicted molar refractivity (Wildman–Crippen MR) is 96.8 cm³/mol. The van der Waals surface area contributed by atoms with E-state index in [-0.39, 0.29) is 11.8 Å². The molecule has 2 aromatic heterocycles. The van der Waals surface area contributed by atoms with Gasteiger partial charge in [0.2, 0.25) is 5.91 Å². The Labute approximate surface area is 146 Å². The number of nitrogens with zero attached hydrogens (tertiary/aromatic N) is 3. The van der Waals surface area contributed by atoms with E-state index in [1.165, 1.54) is 11.1 Å². The molecule has 1 amide bonds. The second kappa shape index (κ2) is 6.51. The number of benzene rings is 1. The maximum absolute atomic E-state index is 12.4. The van der Waals surface area contributed by atoms with Crippen LogP contribution in [-0.2, 0) is 11.2 Å². The van der Waals surface area contributed by atoms with E-state index in [9.17, 15) is 4.79 Å². The average Bonchev–Trinajstić information content (AvgIpc) is 3.16. The van der Waals surface area contributed by atoms with Gasteiger partial charge in [0.25, 0.3) is 0 Å². The van der Waals surface area contributed by atoms with Gasteiger partial charge in [-0.15, -0.1) is 10.2 Å². The van der Waals surface area contributed by atoms with Crippen LogP contribution in [0.25, 0.3) is 11.2 Å². The highest BCUT2D eigenvalue weighted by atomic mass is 16.2. The number of pyridine rings is 1. The molecule has 0 unspecified atom stereocenters. The van der Waals surface area contributed by atoms with Gasteiger partial charge in [-0.3, -0.25) is 9.20 Å². The van der Waals surface area contributed by atoms with Crippen LogP contribution in [0.4, 0.5) is 0 Å². The first-order valence-electron chi connectivity index (χ1n) is 8.58. The molecule has 5 nitrogen and oxygen atoms in total. The lowest BCUT2D eigenvalue weighted by molar-refractivity contribution is -0.121. The molecule has 1 atom stereocenters. The van der Waals surface area contributed by atoms with Crippen molar-refractivity contribution in [3.63, 3.8) is 0 Å². The first-order chi connectivity index (χ1) is 12.3. The third kappa shape index (κ3) is 3.05. The SMILES string of the molecule is CC1=C(c2ccccc2)[C@H]1C(=O)NCCCc1nnc2ccccn12. The normalized spacial score (nSPS) is 16.3. The van der Waals surface area contributed by atoms with Crippen molar-refractivity contribution < 1.29 is 4.79 Å². The molecule has 0 saturated carbocycles. The number of rotatable bonds is 6. The standard InChI is InChI=1S/C20H20N4O/c1-14-18(15-8-3-2-4-9-15)19(14)20(25)21-12-7-11-17-23-22-16-10-5-6-13-24(16)17/h2-6,8-10,13,19H,7,11-12H2,1H3,(H,21,25)/t19-/m0/s1. The molecule has 2 heterocycles. The Morgan fingerprint density at radius 2 is 1.92 bits per heavy atom. The molecule has 1 aromatic carbocycles. The summed E-state index contributed by atoms with van der Waals surface area (Å²) in [6.07, 6.45) is 3.59. The zero-order valence-corrected chi connectivity index (χ0v) is 14.1. The molecule has 126 valence electrons. The van der Waals surface area contributed by atoms with Gasteiger partial charge >= 0.3 is 0 Å². The first kappa shape index (κ1) is 15.6. The largest absolute Gasteiger partial charge is 0.355 e. The molecule has 4 rings (SSSR count). The minimum atomic E-state index is -0.0590. The zero-order chi connectivity index (χ0) is 17.2. The number of hydrogen-bond acceptors (Lipinski definition) is 3. The minimum Gasteiger partial charge on any atom is -0.355 e. The molecular formula is C20H20N4O. The monoisotopic (exact) mass is 332 g/mol. The quantitative estimate of drug-likeness (QED) is 0.706. The lowest BCUT2D eigenvalue weighted by Gasteiger charge is -2.05. The molecule has 0 aliphatic heterocycles. The van der Waals surface area contributed by atoms with Gasteiger partial charge in [-0.05, 0) is 36.6 Å². The molecule has 25 heavy (non-hydrogen) atoms. The molecule has 1 aliphatic carbocycles. The maximum atomic E-state index is 12.4. The molecular weight excluding hydrogens is 312 g/mol. The van der Waals surface area contributed by atoms with Crippen LogP contribution in [0.5, 0.6) is 0 Å². The van der Waals surface area contributed by atoms with Gasteiger partial charge in [0.05, 0.1) is 5.92 Å². The van der Waals surface area contributed by atoms with E-state index in [4.69, 9.17) is 0 Å². The van der Waals surface area contributed by atoms with Crippen molar-refractivity contribution in [3.05, 3.63) is 71.7 Å². The molecule has 0 fully saturated rings. The minimum absolute atomic E-state index is 0.0590. The summed E-state index contributed by atoms with van der Waals surface area (Å²) in [5, 5.41) is 11.4. The van der Waals surface area contributed by atoms with Crippen molar-refractivity contribution in [2.24, 2.45) is 5.92 Å². The second-order valence-corrected chi connectivity index (χ2v) is 6.34. The Morgan fingerprint density at radius 1 is 1.12 bits per heavy atom. The van der Waals surface area contributed by atoms with Crippen molar-refractivity contribution in [3.8, 4) is 0 Å². The van der Waals surface area contributed by atoms with Crippen LogP contribution in [0.2, 0.25) is 0 Å². The third-order valence-corrected chi connectivity index (χ3v) is 4.67. The van der Waals surface area contributed by atoms with E-state index in [0.29, 0.717) is 6.54 Å². The average molecular weight is 332 g/mol. The van der Waals surface area contributed by atoms with Crippen LogP contribution < -0.4 is 5.32 Å². The van der Waals surface area contributed by atoms with Crippen LogP contribution in [0.15, 0.2) is 60.3 Å².